The molecule has 1 aliphatic heterocycles. The molecule has 2 amide bonds. The molecule has 5 nitrogen and oxygen atoms in total. The summed E-state index contributed by atoms with van der Waals surface area (Å²) in [5, 5.41) is 0.611. The summed E-state index contributed by atoms with van der Waals surface area (Å²) in [6.07, 6.45) is 1.43. The molecule has 0 radical (unpaired) electrons. The summed E-state index contributed by atoms with van der Waals surface area (Å²) in [4.78, 5) is 30.6. The number of carbonyl (C=O) groups excluding carboxylic acids is 2. The van der Waals surface area contributed by atoms with Crippen molar-refractivity contribution in [2.75, 3.05) is 6.54 Å². The van der Waals surface area contributed by atoms with Gasteiger partial charge < -0.3 is 10.6 Å². The topological polar surface area (TPSA) is 76.3 Å². The number of amides is 2. The number of aryl methyl sites for hydroxylation is 1. The van der Waals surface area contributed by atoms with Crippen molar-refractivity contribution in [2.45, 2.75) is 32.7 Å². The number of aromatic nitrogens is 1. The van der Waals surface area contributed by atoms with Gasteiger partial charge in [0.1, 0.15) is 5.82 Å². The maximum Gasteiger partial charge on any atom is 0.254 e. The first-order valence-corrected chi connectivity index (χ1v) is 8.04. The van der Waals surface area contributed by atoms with Gasteiger partial charge >= 0.3 is 0 Å². The summed E-state index contributed by atoms with van der Waals surface area (Å²) in [7, 11) is 0. The van der Waals surface area contributed by atoms with E-state index in [1.807, 2.05) is 6.92 Å². The van der Waals surface area contributed by atoms with Crippen LogP contribution in [-0.4, -0.2) is 34.3 Å². The number of likely N-dealkylation sites (tertiary alicyclic amines) is 1. The van der Waals surface area contributed by atoms with Crippen molar-refractivity contribution in [1.29, 1.82) is 0 Å². The second-order valence-corrected chi connectivity index (χ2v) is 6.46. The molecule has 1 saturated heterocycles. The fourth-order valence-electron chi connectivity index (χ4n) is 3.29. The average Bonchev–Trinajstić information content (AvgIpc) is 2.53. The molecule has 6 heteroatoms. The number of pyridine rings is 1. The van der Waals surface area contributed by atoms with Crippen LogP contribution < -0.4 is 5.73 Å². The SMILES string of the molecule is Cc1cc(C(=O)N2C[C@H](C(N)=O)CC[C@H]2C)c2ccc(F)cc2n1. The lowest BCUT2D eigenvalue weighted by Gasteiger charge is -2.37. The summed E-state index contributed by atoms with van der Waals surface area (Å²) in [6.45, 7) is 4.05. The van der Waals surface area contributed by atoms with Gasteiger partial charge in [-0.3, -0.25) is 14.6 Å². The number of benzene rings is 1. The number of nitrogens with two attached hydrogens (primary N) is 1. The molecular weight excluding hydrogens is 309 g/mol. The van der Waals surface area contributed by atoms with Crippen molar-refractivity contribution >= 4 is 22.7 Å². The Morgan fingerprint density at radius 2 is 2.04 bits per heavy atom. The minimum atomic E-state index is -0.390. The molecule has 0 bridgehead atoms. The van der Waals surface area contributed by atoms with E-state index < -0.39 is 0 Å². The maximum absolute atomic E-state index is 13.5. The van der Waals surface area contributed by atoms with Crippen LogP contribution in [0.25, 0.3) is 10.9 Å². The van der Waals surface area contributed by atoms with Crippen molar-refractivity contribution in [3.63, 3.8) is 0 Å². The number of piperidine rings is 1. The minimum Gasteiger partial charge on any atom is -0.369 e. The molecular formula is C18H20FN3O2. The third-order valence-electron chi connectivity index (χ3n) is 4.68. The Labute approximate surface area is 139 Å². The van der Waals surface area contributed by atoms with Crippen LogP contribution >= 0.6 is 0 Å². The van der Waals surface area contributed by atoms with E-state index in [2.05, 4.69) is 4.98 Å². The van der Waals surface area contributed by atoms with Crippen LogP contribution in [0.3, 0.4) is 0 Å². The lowest BCUT2D eigenvalue weighted by Crippen LogP contribution is -2.48. The summed E-state index contributed by atoms with van der Waals surface area (Å²) >= 11 is 0. The van der Waals surface area contributed by atoms with Gasteiger partial charge in [0.05, 0.1) is 17.0 Å². The number of halogens is 1. The first kappa shape index (κ1) is 16.4. The molecule has 3 rings (SSSR count). The zero-order valence-electron chi connectivity index (χ0n) is 13.8. The Kier molecular flexibility index (Phi) is 4.22. The molecule has 2 N–H and O–H groups in total. The van der Waals surface area contributed by atoms with Crippen LogP contribution in [0.4, 0.5) is 4.39 Å². The van der Waals surface area contributed by atoms with Gasteiger partial charge in [0, 0.05) is 29.7 Å². The minimum absolute atomic E-state index is 0.0251. The van der Waals surface area contributed by atoms with Gasteiger partial charge in [0.25, 0.3) is 5.91 Å². The van der Waals surface area contributed by atoms with E-state index in [1.165, 1.54) is 12.1 Å². The molecule has 1 aromatic carbocycles. The molecule has 0 spiro atoms. The second-order valence-electron chi connectivity index (χ2n) is 6.46. The molecule has 0 saturated carbocycles. The van der Waals surface area contributed by atoms with Crippen LogP contribution in [-0.2, 0) is 4.79 Å². The predicted molar refractivity (Wildman–Crippen MR) is 88.9 cm³/mol. The highest BCUT2D eigenvalue weighted by atomic mass is 19.1. The molecule has 1 aliphatic rings. The van der Waals surface area contributed by atoms with Crippen molar-refractivity contribution in [1.82, 2.24) is 9.88 Å². The normalized spacial score (nSPS) is 21.0. The number of fused-ring (bicyclic) bond motifs is 1. The van der Waals surface area contributed by atoms with E-state index in [9.17, 15) is 14.0 Å². The Balaban J connectivity index is 2.03. The molecule has 2 heterocycles. The van der Waals surface area contributed by atoms with Crippen molar-refractivity contribution in [3.05, 3.63) is 41.3 Å². The summed E-state index contributed by atoms with van der Waals surface area (Å²) < 4.78 is 13.5. The van der Waals surface area contributed by atoms with Gasteiger partial charge in [-0.1, -0.05) is 0 Å². The number of carbonyl (C=O) groups is 2. The predicted octanol–water partition coefficient (Wildman–Crippen LogP) is 2.41. The maximum atomic E-state index is 13.5. The second kappa shape index (κ2) is 6.19. The van der Waals surface area contributed by atoms with E-state index in [-0.39, 0.29) is 29.6 Å². The zero-order chi connectivity index (χ0) is 17.4. The van der Waals surface area contributed by atoms with Crippen molar-refractivity contribution < 1.29 is 14.0 Å². The van der Waals surface area contributed by atoms with Crippen LogP contribution in [0.5, 0.6) is 0 Å². The number of primary amides is 1. The highest BCUT2D eigenvalue weighted by Gasteiger charge is 2.32. The summed E-state index contributed by atoms with van der Waals surface area (Å²) in [5.41, 5.74) is 7.00. The molecule has 24 heavy (non-hydrogen) atoms. The highest BCUT2D eigenvalue weighted by Crippen LogP contribution is 2.27. The first-order chi connectivity index (χ1) is 11.4. The Morgan fingerprint density at radius 3 is 2.75 bits per heavy atom. The van der Waals surface area contributed by atoms with Gasteiger partial charge in [-0.15, -0.1) is 0 Å². The smallest absolute Gasteiger partial charge is 0.254 e. The summed E-state index contributed by atoms with van der Waals surface area (Å²) in [5.74, 6) is -1.26. The Morgan fingerprint density at radius 1 is 1.29 bits per heavy atom. The van der Waals surface area contributed by atoms with Crippen LogP contribution in [0, 0.1) is 18.7 Å². The molecule has 2 aromatic rings. The van der Waals surface area contributed by atoms with E-state index in [0.717, 1.165) is 6.42 Å². The largest absolute Gasteiger partial charge is 0.369 e. The van der Waals surface area contributed by atoms with Crippen LogP contribution in [0.15, 0.2) is 24.3 Å². The van der Waals surface area contributed by atoms with E-state index in [1.54, 1.807) is 24.0 Å². The molecule has 0 aliphatic carbocycles. The molecule has 1 aromatic heterocycles. The van der Waals surface area contributed by atoms with E-state index >= 15 is 0 Å². The molecule has 126 valence electrons. The lowest BCUT2D eigenvalue weighted by atomic mass is 9.92. The van der Waals surface area contributed by atoms with Crippen molar-refractivity contribution in [3.8, 4) is 0 Å². The van der Waals surface area contributed by atoms with E-state index in [4.69, 9.17) is 5.73 Å². The van der Waals surface area contributed by atoms with Crippen molar-refractivity contribution in [2.24, 2.45) is 11.7 Å². The fourth-order valence-corrected chi connectivity index (χ4v) is 3.29. The summed E-state index contributed by atoms with van der Waals surface area (Å²) in [6, 6.07) is 5.96. The molecule has 0 unspecified atom stereocenters. The number of nitrogens with zero attached hydrogens (tertiary/aromatic N) is 2. The van der Waals surface area contributed by atoms with Crippen LogP contribution in [0.2, 0.25) is 0 Å². The Hall–Kier alpha value is -2.50. The third kappa shape index (κ3) is 2.96. The fraction of sp³-hybridized carbons (Fsp3) is 0.389. The molecule has 1 fully saturated rings. The number of hydrogen-bond donors (Lipinski definition) is 1. The quantitative estimate of drug-likeness (QED) is 0.919. The van der Waals surface area contributed by atoms with Gasteiger partial charge in [-0.05, 0) is 44.9 Å². The van der Waals surface area contributed by atoms with Gasteiger partial charge in [-0.25, -0.2) is 4.39 Å². The first-order valence-electron chi connectivity index (χ1n) is 8.04. The van der Waals surface area contributed by atoms with E-state index in [0.29, 0.717) is 35.1 Å². The standard InChI is InChI=1S/C18H20FN3O2/c1-10-7-15(14-6-5-13(19)8-16(14)21-10)18(24)22-9-12(17(20)23)4-3-11(22)2/h5-8,11-12H,3-4,9H2,1-2H3,(H2,20,23)/t11-,12-/m1/s1. The Bertz CT molecular complexity index is 816. The number of rotatable bonds is 2. The highest BCUT2D eigenvalue weighted by molar-refractivity contribution is 6.06. The van der Waals surface area contributed by atoms with Gasteiger partial charge in [-0.2, -0.15) is 0 Å². The van der Waals surface area contributed by atoms with Gasteiger partial charge in [0.2, 0.25) is 5.91 Å². The average molecular weight is 329 g/mol. The van der Waals surface area contributed by atoms with Crippen LogP contribution in [0.1, 0.15) is 35.8 Å². The number of hydrogen-bond acceptors (Lipinski definition) is 3. The lowest BCUT2D eigenvalue weighted by molar-refractivity contribution is -0.123. The zero-order valence-corrected chi connectivity index (χ0v) is 13.8. The monoisotopic (exact) mass is 329 g/mol. The van der Waals surface area contributed by atoms with Gasteiger partial charge in [0.15, 0.2) is 0 Å². The molecule has 2 atom stereocenters. The third-order valence-corrected chi connectivity index (χ3v) is 4.68.